The standard InChI is InChI=1S/C13H25N3O/c1-10-11(9-16(5)15-10)7-14-8-12(17)6-13(2,3)4/h9,12,14,17H,6-8H2,1-5H3. The fourth-order valence-electron chi connectivity index (χ4n) is 1.97. The van der Waals surface area contributed by atoms with Crippen LogP contribution in [0.4, 0.5) is 0 Å². The molecule has 0 spiro atoms. The second-order valence-electron chi connectivity index (χ2n) is 5.96. The van der Waals surface area contributed by atoms with Gasteiger partial charge in [-0.1, -0.05) is 20.8 Å². The van der Waals surface area contributed by atoms with Gasteiger partial charge < -0.3 is 10.4 Å². The predicted octanol–water partition coefficient (Wildman–Crippen LogP) is 1.62. The van der Waals surface area contributed by atoms with Gasteiger partial charge >= 0.3 is 0 Å². The van der Waals surface area contributed by atoms with Crippen LogP contribution in [-0.2, 0) is 13.6 Å². The smallest absolute Gasteiger partial charge is 0.0669 e. The molecule has 0 aromatic carbocycles. The van der Waals surface area contributed by atoms with E-state index in [1.165, 1.54) is 5.56 Å². The number of rotatable bonds is 5. The molecule has 17 heavy (non-hydrogen) atoms. The van der Waals surface area contributed by atoms with Gasteiger partial charge in [-0.15, -0.1) is 0 Å². The van der Waals surface area contributed by atoms with Gasteiger partial charge in [-0.25, -0.2) is 0 Å². The van der Waals surface area contributed by atoms with Crippen molar-refractivity contribution in [2.24, 2.45) is 12.5 Å². The van der Waals surface area contributed by atoms with Crippen LogP contribution in [0, 0.1) is 12.3 Å². The first kappa shape index (κ1) is 14.2. The highest BCUT2D eigenvalue weighted by Crippen LogP contribution is 2.20. The lowest BCUT2D eigenvalue weighted by molar-refractivity contribution is 0.119. The maximum Gasteiger partial charge on any atom is 0.0669 e. The molecule has 0 saturated carbocycles. The van der Waals surface area contributed by atoms with E-state index in [-0.39, 0.29) is 11.5 Å². The summed E-state index contributed by atoms with van der Waals surface area (Å²) in [6, 6.07) is 0. The quantitative estimate of drug-likeness (QED) is 0.821. The lowest BCUT2D eigenvalue weighted by Gasteiger charge is -2.22. The maximum atomic E-state index is 9.85. The van der Waals surface area contributed by atoms with E-state index in [9.17, 15) is 5.11 Å². The summed E-state index contributed by atoms with van der Waals surface area (Å²) < 4.78 is 1.82. The first-order valence-electron chi connectivity index (χ1n) is 6.16. The summed E-state index contributed by atoms with van der Waals surface area (Å²) in [7, 11) is 1.92. The lowest BCUT2D eigenvalue weighted by Crippen LogP contribution is -2.29. The van der Waals surface area contributed by atoms with Crippen molar-refractivity contribution in [3.05, 3.63) is 17.5 Å². The fourth-order valence-corrected chi connectivity index (χ4v) is 1.97. The molecule has 0 amide bonds. The van der Waals surface area contributed by atoms with Gasteiger partial charge in [-0.3, -0.25) is 4.68 Å². The third-order valence-corrected chi connectivity index (χ3v) is 2.66. The molecule has 4 heteroatoms. The Hall–Kier alpha value is -0.870. The van der Waals surface area contributed by atoms with Gasteiger partial charge in [0, 0.05) is 31.9 Å². The minimum absolute atomic E-state index is 0.172. The van der Waals surface area contributed by atoms with E-state index >= 15 is 0 Å². The van der Waals surface area contributed by atoms with Crippen molar-refractivity contribution in [2.45, 2.75) is 46.8 Å². The van der Waals surface area contributed by atoms with Crippen LogP contribution in [0.25, 0.3) is 0 Å². The van der Waals surface area contributed by atoms with E-state index in [1.54, 1.807) is 0 Å². The molecule has 1 aromatic rings. The average molecular weight is 239 g/mol. The fraction of sp³-hybridized carbons (Fsp3) is 0.769. The summed E-state index contributed by atoms with van der Waals surface area (Å²) in [6.07, 6.45) is 2.54. The third-order valence-electron chi connectivity index (χ3n) is 2.66. The molecule has 1 heterocycles. The van der Waals surface area contributed by atoms with Gasteiger partial charge in [0.1, 0.15) is 0 Å². The number of aromatic nitrogens is 2. The molecule has 4 nitrogen and oxygen atoms in total. The van der Waals surface area contributed by atoms with Crippen LogP contribution >= 0.6 is 0 Å². The van der Waals surface area contributed by atoms with E-state index < -0.39 is 0 Å². The molecule has 1 aromatic heterocycles. The van der Waals surface area contributed by atoms with Crippen molar-refractivity contribution < 1.29 is 5.11 Å². The maximum absolute atomic E-state index is 9.85. The van der Waals surface area contributed by atoms with Crippen LogP contribution in [0.5, 0.6) is 0 Å². The number of nitrogens with one attached hydrogen (secondary N) is 1. The highest BCUT2D eigenvalue weighted by molar-refractivity contribution is 5.14. The average Bonchev–Trinajstić information content (AvgIpc) is 2.42. The Morgan fingerprint density at radius 1 is 1.47 bits per heavy atom. The summed E-state index contributed by atoms with van der Waals surface area (Å²) >= 11 is 0. The second kappa shape index (κ2) is 5.65. The van der Waals surface area contributed by atoms with Crippen molar-refractivity contribution >= 4 is 0 Å². The highest BCUT2D eigenvalue weighted by atomic mass is 16.3. The van der Waals surface area contributed by atoms with Crippen LogP contribution in [0.15, 0.2) is 6.20 Å². The predicted molar refractivity (Wildman–Crippen MR) is 69.7 cm³/mol. The van der Waals surface area contributed by atoms with Gasteiger partial charge in [0.2, 0.25) is 0 Å². The Bertz CT molecular complexity index is 352. The molecule has 0 bridgehead atoms. The summed E-state index contributed by atoms with van der Waals surface area (Å²) in [4.78, 5) is 0. The first-order chi connectivity index (χ1) is 7.78. The Kier molecular flexibility index (Phi) is 4.71. The molecule has 1 rings (SSSR count). The molecule has 1 atom stereocenters. The van der Waals surface area contributed by atoms with Crippen molar-refractivity contribution in [3.63, 3.8) is 0 Å². The van der Waals surface area contributed by atoms with Crippen LogP contribution in [0.3, 0.4) is 0 Å². The molecule has 0 radical (unpaired) electrons. The molecule has 98 valence electrons. The molecule has 2 N–H and O–H groups in total. The second-order valence-corrected chi connectivity index (χ2v) is 5.96. The monoisotopic (exact) mass is 239 g/mol. The zero-order valence-electron chi connectivity index (χ0n) is 11.6. The van der Waals surface area contributed by atoms with Crippen molar-refractivity contribution in [1.29, 1.82) is 0 Å². The van der Waals surface area contributed by atoms with Gasteiger partial charge in [0.15, 0.2) is 0 Å². The largest absolute Gasteiger partial charge is 0.392 e. The minimum atomic E-state index is -0.285. The van der Waals surface area contributed by atoms with Crippen LogP contribution in [0.2, 0.25) is 0 Å². The third kappa shape index (κ3) is 5.33. The topological polar surface area (TPSA) is 50.1 Å². The SMILES string of the molecule is Cc1nn(C)cc1CNCC(O)CC(C)(C)C. The van der Waals surface area contributed by atoms with Gasteiger partial charge in [-0.2, -0.15) is 5.10 Å². The van der Waals surface area contributed by atoms with Crippen molar-refractivity contribution in [1.82, 2.24) is 15.1 Å². The number of aryl methyl sites for hydroxylation is 2. The number of hydrogen-bond donors (Lipinski definition) is 2. The molecule has 0 fully saturated rings. The molecule has 0 aliphatic rings. The Balaban J connectivity index is 2.31. The zero-order chi connectivity index (χ0) is 13.1. The number of nitrogens with zero attached hydrogens (tertiary/aromatic N) is 2. The first-order valence-corrected chi connectivity index (χ1v) is 6.16. The van der Waals surface area contributed by atoms with Crippen molar-refractivity contribution in [3.8, 4) is 0 Å². The van der Waals surface area contributed by atoms with Crippen LogP contribution < -0.4 is 5.32 Å². The molecule has 0 saturated heterocycles. The van der Waals surface area contributed by atoms with Gasteiger partial charge in [0.25, 0.3) is 0 Å². The molecule has 0 aliphatic heterocycles. The highest BCUT2D eigenvalue weighted by Gasteiger charge is 2.16. The number of aliphatic hydroxyl groups excluding tert-OH is 1. The molecule has 0 aliphatic carbocycles. The lowest BCUT2D eigenvalue weighted by atomic mass is 9.89. The van der Waals surface area contributed by atoms with Crippen molar-refractivity contribution in [2.75, 3.05) is 6.54 Å². The molecular weight excluding hydrogens is 214 g/mol. The normalized spacial score (nSPS) is 14.0. The summed E-state index contributed by atoms with van der Waals surface area (Å²) in [6.45, 7) is 9.82. The van der Waals surface area contributed by atoms with Gasteiger partial charge in [-0.05, 0) is 18.8 Å². The molecule has 1 unspecified atom stereocenters. The van der Waals surface area contributed by atoms with Gasteiger partial charge in [0.05, 0.1) is 11.8 Å². The zero-order valence-corrected chi connectivity index (χ0v) is 11.6. The van der Waals surface area contributed by atoms with E-state index in [1.807, 2.05) is 24.9 Å². The Labute approximate surface area is 104 Å². The van der Waals surface area contributed by atoms with Crippen LogP contribution in [0.1, 0.15) is 38.4 Å². The summed E-state index contributed by atoms with van der Waals surface area (Å²) in [5.74, 6) is 0. The number of hydrogen-bond acceptors (Lipinski definition) is 3. The summed E-state index contributed by atoms with van der Waals surface area (Å²) in [5, 5.41) is 17.4. The Morgan fingerprint density at radius 3 is 2.59 bits per heavy atom. The molecular formula is C13H25N3O. The van der Waals surface area contributed by atoms with Crippen LogP contribution in [-0.4, -0.2) is 27.5 Å². The Morgan fingerprint density at radius 2 is 2.12 bits per heavy atom. The minimum Gasteiger partial charge on any atom is -0.392 e. The van der Waals surface area contributed by atoms with E-state index in [0.717, 1.165) is 18.7 Å². The number of aliphatic hydroxyl groups is 1. The van der Waals surface area contributed by atoms with E-state index in [0.29, 0.717) is 6.54 Å². The van der Waals surface area contributed by atoms with E-state index in [4.69, 9.17) is 0 Å². The van der Waals surface area contributed by atoms with E-state index in [2.05, 4.69) is 31.2 Å². The summed E-state index contributed by atoms with van der Waals surface area (Å²) in [5.41, 5.74) is 2.41.